The third kappa shape index (κ3) is 5.79. The molecule has 6 nitrogen and oxygen atoms in total. The molecule has 1 N–H and O–H groups in total. The Morgan fingerprint density at radius 2 is 1.94 bits per heavy atom. The molecular weight excluding hydrogens is 457 g/mol. The van der Waals surface area contributed by atoms with Crippen LogP contribution in [0.2, 0.25) is 10.0 Å². The normalized spacial score (nSPS) is 17.7. The van der Waals surface area contributed by atoms with E-state index >= 15 is 0 Å². The number of carbonyl (C=O) groups is 1. The van der Waals surface area contributed by atoms with Crippen LogP contribution >= 0.6 is 23.2 Å². The van der Waals surface area contributed by atoms with Crippen LogP contribution in [0, 0.1) is 12.8 Å². The number of amides is 1. The first-order valence-corrected chi connectivity index (χ1v) is 12.3. The van der Waals surface area contributed by atoms with Gasteiger partial charge in [-0.25, -0.2) is 12.7 Å². The van der Waals surface area contributed by atoms with E-state index in [0.717, 1.165) is 34.8 Å². The molecule has 0 unspecified atom stereocenters. The highest BCUT2D eigenvalue weighted by Crippen LogP contribution is 2.27. The molecule has 1 atom stereocenters. The molecule has 2 aromatic carbocycles. The Labute approximate surface area is 194 Å². The van der Waals surface area contributed by atoms with Gasteiger partial charge in [-0.3, -0.25) is 9.69 Å². The van der Waals surface area contributed by atoms with Gasteiger partial charge >= 0.3 is 0 Å². The quantitative estimate of drug-likeness (QED) is 0.660. The maximum atomic E-state index is 13.0. The van der Waals surface area contributed by atoms with Gasteiger partial charge in [-0.1, -0.05) is 35.3 Å². The first kappa shape index (κ1) is 24.0. The molecule has 0 saturated carbocycles. The van der Waals surface area contributed by atoms with Crippen LogP contribution in [0.15, 0.2) is 41.3 Å². The zero-order chi connectivity index (χ0) is 22.8. The molecule has 0 aromatic heterocycles. The Balaban J connectivity index is 1.70. The molecule has 0 aliphatic carbocycles. The fourth-order valence-electron chi connectivity index (χ4n) is 3.65. The van der Waals surface area contributed by atoms with Crippen molar-refractivity contribution in [1.82, 2.24) is 9.21 Å². The summed E-state index contributed by atoms with van der Waals surface area (Å²) in [7, 11) is -0.609. The number of sulfonamides is 1. The Hall–Kier alpha value is -1.64. The number of anilines is 1. The summed E-state index contributed by atoms with van der Waals surface area (Å²) in [5.74, 6) is -0.289. The summed E-state index contributed by atoms with van der Waals surface area (Å²) in [5.41, 5.74) is 2.31. The number of likely N-dealkylation sites (tertiary alicyclic amines) is 1. The average Bonchev–Trinajstić information content (AvgIpc) is 2.71. The van der Waals surface area contributed by atoms with Crippen LogP contribution in [0.25, 0.3) is 0 Å². The van der Waals surface area contributed by atoms with Crippen molar-refractivity contribution in [1.29, 1.82) is 0 Å². The molecular formula is C22H27Cl2N3O3S. The lowest BCUT2D eigenvalue weighted by Gasteiger charge is -2.32. The number of carbonyl (C=O) groups excluding carboxylic acids is 1. The van der Waals surface area contributed by atoms with Gasteiger partial charge in [-0.2, -0.15) is 0 Å². The minimum absolute atomic E-state index is 0.102. The summed E-state index contributed by atoms with van der Waals surface area (Å²) < 4.78 is 26.0. The number of hydrogen-bond donors (Lipinski definition) is 1. The summed E-state index contributed by atoms with van der Waals surface area (Å²) in [5, 5.41) is 4.16. The molecule has 1 heterocycles. The third-order valence-electron chi connectivity index (χ3n) is 5.53. The third-order valence-corrected chi connectivity index (χ3v) is 7.93. The predicted molar refractivity (Wildman–Crippen MR) is 125 cm³/mol. The Kier molecular flexibility index (Phi) is 7.65. The minimum atomic E-state index is -3.58. The van der Waals surface area contributed by atoms with Crippen LogP contribution < -0.4 is 5.32 Å². The minimum Gasteiger partial charge on any atom is -0.326 e. The van der Waals surface area contributed by atoms with Crippen molar-refractivity contribution in [3.63, 3.8) is 0 Å². The van der Waals surface area contributed by atoms with E-state index in [1.807, 2.05) is 19.1 Å². The standard InChI is InChI=1S/C22H27Cl2N3O3S/c1-15-6-9-19(31(29,30)26(2)3)12-21(15)25-22(28)17-5-4-10-27(14-17)13-16-7-8-18(23)11-20(16)24/h6-9,11-12,17H,4-5,10,13-14H2,1-3H3,(H,25,28)/t17-/m0/s1. The average molecular weight is 484 g/mol. The van der Waals surface area contributed by atoms with E-state index in [1.54, 1.807) is 18.2 Å². The van der Waals surface area contributed by atoms with E-state index in [9.17, 15) is 13.2 Å². The largest absolute Gasteiger partial charge is 0.326 e. The summed E-state index contributed by atoms with van der Waals surface area (Å²) in [6.45, 7) is 3.99. The van der Waals surface area contributed by atoms with E-state index in [1.165, 1.54) is 20.2 Å². The molecule has 0 bridgehead atoms. The molecule has 168 valence electrons. The molecule has 1 aliphatic heterocycles. The maximum absolute atomic E-state index is 13.0. The fourth-order valence-corrected chi connectivity index (χ4v) is 5.04. The zero-order valence-electron chi connectivity index (χ0n) is 17.9. The van der Waals surface area contributed by atoms with Crippen LogP contribution in [0.4, 0.5) is 5.69 Å². The molecule has 1 amide bonds. The summed E-state index contributed by atoms with van der Waals surface area (Å²) in [6.07, 6.45) is 1.68. The van der Waals surface area contributed by atoms with E-state index < -0.39 is 10.0 Å². The number of hydrogen-bond acceptors (Lipinski definition) is 4. The van der Waals surface area contributed by atoms with E-state index in [0.29, 0.717) is 28.8 Å². The van der Waals surface area contributed by atoms with Crippen molar-refractivity contribution >= 4 is 44.8 Å². The van der Waals surface area contributed by atoms with Gasteiger partial charge in [0.05, 0.1) is 10.8 Å². The molecule has 0 radical (unpaired) electrons. The monoisotopic (exact) mass is 483 g/mol. The predicted octanol–water partition coefficient (Wildman–Crippen LogP) is 4.40. The van der Waals surface area contributed by atoms with Gasteiger partial charge in [0.1, 0.15) is 0 Å². The van der Waals surface area contributed by atoms with Crippen molar-refractivity contribution in [3.8, 4) is 0 Å². The summed E-state index contributed by atoms with van der Waals surface area (Å²) in [4.78, 5) is 15.3. The highest BCUT2D eigenvalue weighted by Gasteiger charge is 2.27. The van der Waals surface area contributed by atoms with Gasteiger partial charge in [-0.15, -0.1) is 0 Å². The lowest BCUT2D eigenvalue weighted by Crippen LogP contribution is -2.40. The van der Waals surface area contributed by atoms with E-state index in [2.05, 4.69) is 10.2 Å². The van der Waals surface area contributed by atoms with Gasteiger partial charge in [0.2, 0.25) is 15.9 Å². The number of nitrogens with one attached hydrogen (secondary N) is 1. The first-order chi connectivity index (χ1) is 14.6. The van der Waals surface area contributed by atoms with Crippen molar-refractivity contribution in [3.05, 3.63) is 57.6 Å². The Morgan fingerprint density at radius 3 is 2.61 bits per heavy atom. The Bertz CT molecular complexity index is 1070. The molecule has 1 aliphatic rings. The highest BCUT2D eigenvalue weighted by molar-refractivity contribution is 7.89. The van der Waals surface area contributed by atoms with Gasteiger partial charge in [0, 0.05) is 42.9 Å². The molecule has 0 spiro atoms. The molecule has 31 heavy (non-hydrogen) atoms. The van der Waals surface area contributed by atoms with Crippen LogP contribution in [0.5, 0.6) is 0 Å². The van der Waals surface area contributed by atoms with Gasteiger partial charge in [0.25, 0.3) is 0 Å². The Morgan fingerprint density at radius 1 is 1.19 bits per heavy atom. The molecule has 1 fully saturated rings. The number of rotatable bonds is 6. The highest BCUT2D eigenvalue weighted by atomic mass is 35.5. The van der Waals surface area contributed by atoms with E-state index in [-0.39, 0.29) is 16.7 Å². The smallest absolute Gasteiger partial charge is 0.242 e. The number of halogens is 2. The number of aryl methyl sites for hydroxylation is 1. The first-order valence-electron chi connectivity index (χ1n) is 10.1. The van der Waals surface area contributed by atoms with Crippen molar-refractivity contribution in [2.75, 3.05) is 32.5 Å². The van der Waals surface area contributed by atoms with Crippen LogP contribution in [0.3, 0.4) is 0 Å². The van der Waals surface area contributed by atoms with E-state index in [4.69, 9.17) is 23.2 Å². The summed E-state index contributed by atoms with van der Waals surface area (Å²) in [6, 6.07) is 10.2. The van der Waals surface area contributed by atoms with Crippen molar-refractivity contribution in [2.24, 2.45) is 5.92 Å². The SMILES string of the molecule is Cc1ccc(S(=O)(=O)N(C)C)cc1NC(=O)[C@H]1CCCN(Cc2ccc(Cl)cc2Cl)C1. The molecule has 2 aromatic rings. The zero-order valence-corrected chi connectivity index (χ0v) is 20.2. The van der Waals surface area contributed by atoms with Crippen LogP contribution in [-0.2, 0) is 21.4 Å². The molecule has 3 rings (SSSR count). The fraction of sp³-hybridized carbons (Fsp3) is 0.409. The van der Waals surface area contributed by atoms with Crippen molar-refractivity contribution in [2.45, 2.75) is 31.2 Å². The van der Waals surface area contributed by atoms with Crippen LogP contribution in [-0.4, -0.2) is 50.7 Å². The number of benzene rings is 2. The maximum Gasteiger partial charge on any atom is 0.242 e. The number of piperidine rings is 1. The van der Waals surface area contributed by atoms with Gasteiger partial charge < -0.3 is 5.32 Å². The number of nitrogens with zero attached hydrogens (tertiary/aromatic N) is 2. The lowest BCUT2D eigenvalue weighted by atomic mass is 9.96. The van der Waals surface area contributed by atoms with Gasteiger partial charge in [-0.05, 0) is 61.7 Å². The van der Waals surface area contributed by atoms with Gasteiger partial charge in [0.15, 0.2) is 0 Å². The second-order valence-corrected chi connectivity index (χ2v) is 11.1. The second kappa shape index (κ2) is 9.88. The lowest BCUT2D eigenvalue weighted by molar-refractivity contribution is -0.121. The molecule has 1 saturated heterocycles. The topological polar surface area (TPSA) is 69.7 Å². The summed E-state index contributed by atoms with van der Waals surface area (Å²) >= 11 is 12.3. The second-order valence-electron chi connectivity index (χ2n) is 8.06. The van der Waals surface area contributed by atoms with Crippen LogP contribution in [0.1, 0.15) is 24.0 Å². The van der Waals surface area contributed by atoms with Crippen molar-refractivity contribution < 1.29 is 13.2 Å². The molecule has 9 heteroatoms.